The van der Waals surface area contributed by atoms with Gasteiger partial charge in [0.2, 0.25) is 0 Å². The summed E-state index contributed by atoms with van der Waals surface area (Å²) in [5, 5.41) is 10.6. The van der Waals surface area contributed by atoms with Crippen molar-refractivity contribution >= 4 is 17.2 Å². The standard InChI is InChI=1S/C14H12N4O/c1-10-4-2-3-5-12(10)14(19)16-11-6-7-13-17-15-9-18(13)8-11/h2-9H,1H3,(H,16,19). The molecule has 0 unspecified atom stereocenters. The molecule has 0 bridgehead atoms. The van der Waals surface area contributed by atoms with Crippen molar-refractivity contribution in [3.63, 3.8) is 0 Å². The Kier molecular flexibility index (Phi) is 2.72. The topological polar surface area (TPSA) is 59.3 Å². The molecule has 1 aromatic carbocycles. The van der Waals surface area contributed by atoms with Crippen molar-refractivity contribution in [2.45, 2.75) is 6.92 Å². The van der Waals surface area contributed by atoms with Gasteiger partial charge in [-0.15, -0.1) is 10.2 Å². The number of aromatic nitrogens is 3. The van der Waals surface area contributed by atoms with E-state index >= 15 is 0 Å². The first-order valence-corrected chi connectivity index (χ1v) is 5.90. The number of hydrogen-bond donors (Lipinski definition) is 1. The van der Waals surface area contributed by atoms with Gasteiger partial charge in [0, 0.05) is 11.8 Å². The fraction of sp³-hybridized carbons (Fsp3) is 0.0714. The lowest BCUT2D eigenvalue weighted by molar-refractivity contribution is 0.102. The lowest BCUT2D eigenvalue weighted by atomic mass is 10.1. The highest BCUT2D eigenvalue weighted by molar-refractivity contribution is 6.05. The summed E-state index contributed by atoms with van der Waals surface area (Å²) in [7, 11) is 0. The number of nitrogens with one attached hydrogen (secondary N) is 1. The van der Waals surface area contributed by atoms with Crippen LogP contribution in [0.5, 0.6) is 0 Å². The maximum Gasteiger partial charge on any atom is 0.255 e. The predicted octanol–water partition coefficient (Wildman–Crippen LogP) is 2.29. The molecule has 0 radical (unpaired) electrons. The van der Waals surface area contributed by atoms with Crippen molar-refractivity contribution in [2.75, 3.05) is 5.32 Å². The molecular weight excluding hydrogens is 240 g/mol. The number of rotatable bonds is 2. The zero-order valence-electron chi connectivity index (χ0n) is 10.4. The van der Waals surface area contributed by atoms with Crippen molar-refractivity contribution in [3.8, 4) is 0 Å². The van der Waals surface area contributed by atoms with Crippen molar-refractivity contribution in [1.82, 2.24) is 14.6 Å². The summed E-state index contributed by atoms with van der Waals surface area (Å²) in [6, 6.07) is 11.1. The summed E-state index contributed by atoms with van der Waals surface area (Å²) in [6.45, 7) is 1.91. The van der Waals surface area contributed by atoms with Crippen molar-refractivity contribution in [2.24, 2.45) is 0 Å². The fourth-order valence-electron chi connectivity index (χ4n) is 1.93. The second-order valence-corrected chi connectivity index (χ2v) is 4.28. The molecule has 0 atom stereocenters. The third-order valence-electron chi connectivity index (χ3n) is 2.94. The number of carbonyl (C=O) groups excluding carboxylic acids is 1. The summed E-state index contributed by atoms with van der Waals surface area (Å²) in [5.41, 5.74) is 3.08. The van der Waals surface area contributed by atoms with Gasteiger partial charge in [-0.05, 0) is 30.7 Å². The molecule has 2 aromatic heterocycles. The molecule has 0 aliphatic rings. The van der Waals surface area contributed by atoms with Gasteiger partial charge in [-0.25, -0.2) is 0 Å². The zero-order valence-corrected chi connectivity index (χ0v) is 10.4. The molecule has 3 aromatic rings. The predicted molar refractivity (Wildman–Crippen MR) is 72.1 cm³/mol. The van der Waals surface area contributed by atoms with Gasteiger partial charge in [0.25, 0.3) is 5.91 Å². The normalized spacial score (nSPS) is 10.6. The first-order valence-electron chi connectivity index (χ1n) is 5.90. The number of amides is 1. The molecule has 5 heteroatoms. The number of fused-ring (bicyclic) bond motifs is 1. The van der Waals surface area contributed by atoms with E-state index in [1.807, 2.05) is 31.2 Å². The molecule has 19 heavy (non-hydrogen) atoms. The van der Waals surface area contributed by atoms with Crippen LogP contribution in [0.3, 0.4) is 0 Å². The van der Waals surface area contributed by atoms with Gasteiger partial charge in [-0.1, -0.05) is 18.2 Å². The maximum absolute atomic E-state index is 12.2. The van der Waals surface area contributed by atoms with E-state index in [1.165, 1.54) is 0 Å². The minimum Gasteiger partial charge on any atom is -0.321 e. The van der Waals surface area contributed by atoms with Gasteiger partial charge >= 0.3 is 0 Å². The highest BCUT2D eigenvalue weighted by Gasteiger charge is 2.08. The fourth-order valence-corrected chi connectivity index (χ4v) is 1.93. The third-order valence-corrected chi connectivity index (χ3v) is 2.94. The summed E-state index contributed by atoms with van der Waals surface area (Å²) in [4.78, 5) is 12.2. The molecule has 0 saturated heterocycles. The quantitative estimate of drug-likeness (QED) is 0.761. The highest BCUT2D eigenvalue weighted by atomic mass is 16.1. The Morgan fingerprint density at radius 3 is 2.89 bits per heavy atom. The Hall–Kier alpha value is -2.69. The summed E-state index contributed by atoms with van der Waals surface area (Å²) < 4.78 is 1.76. The summed E-state index contributed by atoms with van der Waals surface area (Å²) >= 11 is 0. The van der Waals surface area contributed by atoms with Gasteiger partial charge in [0.1, 0.15) is 6.33 Å². The molecule has 1 amide bonds. The van der Waals surface area contributed by atoms with Gasteiger partial charge < -0.3 is 5.32 Å². The third kappa shape index (κ3) is 2.18. The van der Waals surface area contributed by atoms with Crippen LogP contribution in [0.25, 0.3) is 5.65 Å². The average Bonchev–Trinajstić information content (AvgIpc) is 2.86. The largest absolute Gasteiger partial charge is 0.321 e. The Morgan fingerprint density at radius 1 is 1.21 bits per heavy atom. The van der Waals surface area contributed by atoms with Crippen molar-refractivity contribution < 1.29 is 4.79 Å². The second kappa shape index (κ2) is 4.53. The number of pyridine rings is 1. The van der Waals surface area contributed by atoms with Crippen LogP contribution < -0.4 is 5.32 Å². The molecule has 5 nitrogen and oxygen atoms in total. The van der Waals surface area contributed by atoms with Crippen LogP contribution in [0.2, 0.25) is 0 Å². The molecule has 0 fully saturated rings. The Balaban J connectivity index is 1.88. The molecule has 0 spiro atoms. The van der Waals surface area contributed by atoms with E-state index in [2.05, 4.69) is 15.5 Å². The number of hydrogen-bond acceptors (Lipinski definition) is 3. The van der Waals surface area contributed by atoms with Crippen LogP contribution in [0.15, 0.2) is 48.9 Å². The SMILES string of the molecule is Cc1ccccc1C(=O)Nc1ccc2nncn2c1. The van der Waals surface area contributed by atoms with Gasteiger partial charge in [-0.2, -0.15) is 0 Å². The van der Waals surface area contributed by atoms with Crippen LogP contribution >= 0.6 is 0 Å². The maximum atomic E-state index is 12.2. The van der Waals surface area contributed by atoms with E-state index in [4.69, 9.17) is 0 Å². The molecule has 0 aliphatic carbocycles. The molecule has 3 rings (SSSR count). The van der Waals surface area contributed by atoms with Gasteiger partial charge in [0.15, 0.2) is 5.65 Å². The molecule has 94 valence electrons. The summed E-state index contributed by atoms with van der Waals surface area (Å²) in [5.74, 6) is -0.120. The smallest absolute Gasteiger partial charge is 0.255 e. The van der Waals surface area contributed by atoms with Gasteiger partial charge in [-0.3, -0.25) is 9.20 Å². The monoisotopic (exact) mass is 252 g/mol. The first-order chi connectivity index (χ1) is 9.24. The zero-order chi connectivity index (χ0) is 13.2. The van der Waals surface area contributed by atoms with E-state index in [1.54, 1.807) is 29.1 Å². The minimum absolute atomic E-state index is 0.120. The number of benzene rings is 1. The highest BCUT2D eigenvalue weighted by Crippen LogP contribution is 2.13. The first kappa shape index (κ1) is 11.4. The van der Waals surface area contributed by atoms with E-state index < -0.39 is 0 Å². The number of carbonyl (C=O) groups is 1. The lowest BCUT2D eigenvalue weighted by Crippen LogP contribution is -2.13. The van der Waals surface area contributed by atoms with Crippen LogP contribution in [0, 0.1) is 6.92 Å². The molecular formula is C14H12N4O. The van der Waals surface area contributed by atoms with Crippen molar-refractivity contribution in [3.05, 3.63) is 60.0 Å². The number of aryl methyl sites for hydroxylation is 1. The van der Waals surface area contributed by atoms with Crippen LogP contribution in [-0.2, 0) is 0 Å². The minimum atomic E-state index is -0.120. The van der Waals surface area contributed by atoms with E-state index in [0.717, 1.165) is 11.2 Å². The number of anilines is 1. The molecule has 1 N–H and O–H groups in total. The molecule has 0 aliphatic heterocycles. The lowest BCUT2D eigenvalue weighted by Gasteiger charge is -2.07. The van der Waals surface area contributed by atoms with E-state index in [-0.39, 0.29) is 5.91 Å². The molecule has 0 saturated carbocycles. The van der Waals surface area contributed by atoms with Crippen LogP contribution in [-0.4, -0.2) is 20.5 Å². The molecule has 2 heterocycles. The average molecular weight is 252 g/mol. The summed E-state index contributed by atoms with van der Waals surface area (Å²) in [6.07, 6.45) is 3.38. The van der Waals surface area contributed by atoms with Crippen molar-refractivity contribution in [1.29, 1.82) is 0 Å². The second-order valence-electron chi connectivity index (χ2n) is 4.28. The number of nitrogens with zero attached hydrogens (tertiary/aromatic N) is 3. The Bertz CT molecular complexity index is 748. The van der Waals surface area contributed by atoms with Crippen LogP contribution in [0.1, 0.15) is 15.9 Å². The Labute approximate surface area is 109 Å². The van der Waals surface area contributed by atoms with Gasteiger partial charge in [0.05, 0.1) is 5.69 Å². The van der Waals surface area contributed by atoms with E-state index in [0.29, 0.717) is 11.3 Å². The van der Waals surface area contributed by atoms with E-state index in [9.17, 15) is 4.79 Å². The Morgan fingerprint density at radius 2 is 2.05 bits per heavy atom. The van der Waals surface area contributed by atoms with Crippen LogP contribution in [0.4, 0.5) is 5.69 Å².